The second-order valence-corrected chi connectivity index (χ2v) is 7.56. The van der Waals surface area contributed by atoms with E-state index in [4.69, 9.17) is 9.47 Å². The molecule has 2 N–H and O–H groups in total. The Morgan fingerprint density at radius 1 is 0.469 bits per heavy atom. The van der Waals surface area contributed by atoms with Crippen LogP contribution < -0.4 is 9.47 Å². The van der Waals surface area contributed by atoms with Crippen molar-refractivity contribution in [1.82, 2.24) is 0 Å². The molecular weight excluding hydrogens is 400 g/mol. The molecule has 32 heavy (non-hydrogen) atoms. The van der Waals surface area contributed by atoms with E-state index in [9.17, 15) is 10.2 Å². The van der Waals surface area contributed by atoms with Crippen LogP contribution in [0.2, 0.25) is 0 Å². The van der Waals surface area contributed by atoms with E-state index in [1.165, 1.54) is 0 Å². The Morgan fingerprint density at radius 3 is 1.12 bits per heavy atom. The minimum Gasteiger partial charge on any atom is -0.508 e. The standard InChI is InChI=1S/C28H26O4/c1-31-25-17-9-5-13-21(25)27(19-11-3-7-15-23(19)29)28(20-12-4-8-16-24(20)30)22-14-6-10-18-26(22)32-2/h3-18,27-30H,1-2H3. The molecule has 0 aliphatic rings. The van der Waals surface area contributed by atoms with Gasteiger partial charge in [0.25, 0.3) is 0 Å². The van der Waals surface area contributed by atoms with Crippen LogP contribution in [0, 0.1) is 0 Å². The predicted molar refractivity (Wildman–Crippen MR) is 126 cm³/mol. The van der Waals surface area contributed by atoms with Gasteiger partial charge in [0.1, 0.15) is 23.0 Å². The summed E-state index contributed by atoms with van der Waals surface area (Å²) in [4.78, 5) is 0. The van der Waals surface area contributed by atoms with Gasteiger partial charge in [0.2, 0.25) is 0 Å². The van der Waals surface area contributed by atoms with E-state index in [1.807, 2.05) is 72.8 Å². The van der Waals surface area contributed by atoms with Gasteiger partial charge in [-0.05, 0) is 24.3 Å². The van der Waals surface area contributed by atoms with E-state index in [0.29, 0.717) is 11.5 Å². The molecule has 2 unspecified atom stereocenters. The minimum atomic E-state index is -0.364. The average Bonchev–Trinajstić information content (AvgIpc) is 2.84. The number of hydrogen-bond acceptors (Lipinski definition) is 4. The first-order valence-electron chi connectivity index (χ1n) is 10.5. The molecule has 4 aromatic carbocycles. The Labute approximate surface area is 188 Å². The van der Waals surface area contributed by atoms with Crippen LogP contribution in [-0.2, 0) is 0 Å². The summed E-state index contributed by atoms with van der Waals surface area (Å²) in [6, 6.07) is 30.2. The number of phenols is 2. The molecule has 2 atom stereocenters. The van der Waals surface area contributed by atoms with Gasteiger partial charge in [0.15, 0.2) is 0 Å². The molecule has 0 saturated heterocycles. The summed E-state index contributed by atoms with van der Waals surface area (Å²) in [6.07, 6.45) is 0. The molecule has 0 aliphatic carbocycles. The minimum absolute atomic E-state index is 0.179. The number of rotatable bonds is 7. The smallest absolute Gasteiger partial charge is 0.122 e. The van der Waals surface area contributed by atoms with Crippen molar-refractivity contribution in [3.63, 3.8) is 0 Å². The van der Waals surface area contributed by atoms with Crippen molar-refractivity contribution < 1.29 is 19.7 Å². The Hall–Kier alpha value is -3.92. The van der Waals surface area contributed by atoms with E-state index < -0.39 is 0 Å². The fourth-order valence-corrected chi connectivity index (χ4v) is 4.40. The first-order valence-corrected chi connectivity index (χ1v) is 10.5. The lowest BCUT2D eigenvalue weighted by Crippen LogP contribution is -2.17. The molecule has 0 fully saturated rings. The summed E-state index contributed by atoms with van der Waals surface area (Å²) >= 11 is 0. The van der Waals surface area contributed by atoms with Crippen LogP contribution in [-0.4, -0.2) is 24.4 Å². The molecule has 0 aliphatic heterocycles. The van der Waals surface area contributed by atoms with Crippen molar-refractivity contribution in [3.8, 4) is 23.0 Å². The molecule has 4 heteroatoms. The Balaban J connectivity index is 2.08. The molecule has 0 aromatic heterocycles. The number of aromatic hydroxyl groups is 2. The second kappa shape index (κ2) is 9.48. The van der Waals surface area contributed by atoms with Gasteiger partial charge in [0.05, 0.1) is 14.2 Å². The first-order chi connectivity index (χ1) is 15.7. The van der Waals surface area contributed by atoms with Crippen molar-refractivity contribution in [2.75, 3.05) is 14.2 Å². The van der Waals surface area contributed by atoms with Crippen LogP contribution in [0.15, 0.2) is 97.1 Å². The summed E-state index contributed by atoms with van der Waals surface area (Å²) in [7, 11) is 3.28. The molecule has 0 spiro atoms. The highest BCUT2D eigenvalue weighted by Gasteiger charge is 2.34. The summed E-state index contributed by atoms with van der Waals surface area (Å²) in [6.45, 7) is 0. The van der Waals surface area contributed by atoms with E-state index in [-0.39, 0.29) is 23.3 Å². The molecule has 4 aromatic rings. The highest BCUT2D eigenvalue weighted by molar-refractivity contribution is 5.56. The molecule has 0 heterocycles. The normalized spacial score (nSPS) is 12.7. The van der Waals surface area contributed by atoms with Crippen molar-refractivity contribution in [2.45, 2.75) is 11.8 Å². The second-order valence-electron chi connectivity index (χ2n) is 7.56. The quantitative estimate of drug-likeness (QED) is 0.376. The third kappa shape index (κ3) is 4.00. The molecule has 0 bridgehead atoms. The predicted octanol–water partition coefficient (Wildman–Crippen LogP) is 6.08. The van der Waals surface area contributed by atoms with Gasteiger partial charge in [-0.25, -0.2) is 0 Å². The van der Waals surface area contributed by atoms with E-state index >= 15 is 0 Å². The summed E-state index contributed by atoms with van der Waals surface area (Å²) in [5.74, 6) is 1.04. The molecule has 0 saturated carbocycles. The zero-order valence-electron chi connectivity index (χ0n) is 18.1. The SMILES string of the molecule is COc1ccccc1C(c1ccccc1O)C(c1ccccc1O)c1ccccc1OC. The fraction of sp³-hybridized carbons (Fsp3) is 0.143. The summed E-state index contributed by atoms with van der Waals surface area (Å²) in [5, 5.41) is 21.8. The zero-order valence-corrected chi connectivity index (χ0v) is 18.1. The van der Waals surface area contributed by atoms with Gasteiger partial charge in [-0.1, -0.05) is 72.8 Å². The number of ether oxygens (including phenoxy) is 2. The van der Waals surface area contributed by atoms with Crippen LogP contribution in [0.4, 0.5) is 0 Å². The van der Waals surface area contributed by atoms with Gasteiger partial charge < -0.3 is 19.7 Å². The number of benzene rings is 4. The molecular formula is C28H26O4. The van der Waals surface area contributed by atoms with Gasteiger partial charge in [-0.2, -0.15) is 0 Å². The fourth-order valence-electron chi connectivity index (χ4n) is 4.40. The highest BCUT2D eigenvalue weighted by Crippen LogP contribution is 2.51. The van der Waals surface area contributed by atoms with Crippen molar-refractivity contribution in [1.29, 1.82) is 0 Å². The number of para-hydroxylation sites is 4. The first kappa shape index (κ1) is 21.3. The van der Waals surface area contributed by atoms with Crippen LogP contribution in [0.5, 0.6) is 23.0 Å². The lowest BCUT2D eigenvalue weighted by molar-refractivity contribution is 0.395. The van der Waals surface area contributed by atoms with Crippen LogP contribution in [0.1, 0.15) is 34.1 Å². The van der Waals surface area contributed by atoms with E-state index in [0.717, 1.165) is 22.3 Å². The van der Waals surface area contributed by atoms with E-state index in [1.54, 1.807) is 38.5 Å². The summed E-state index contributed by atoms with van der Waals surface area (Å²) < 4.78 is 11.4. The van der Waals surface area contributed by atoms with Crippen LogP contribution >= 0.6 is 0 Å². The molecule has 4 nitrogen and oxygen atoms in total. The molecule has 4 rings (SSSR count). The number of hydrogen-bond donors (Lipinski definition) is 2. The average molecular weight is 427 g/mol. The highest BCUT2D eigenvalue weighted by atomic mass is 16.5. The van der Waals surface area contributed by atoms with Crippen molar-refractivity contribution >= 4 is 0 Å². The third-order valence-corrected chi connectivity index (χ3v) is 5.82. The molecule has 0 amide bonds. The molecule has 0 radical (unpaired) electrons. The topological polar surface area (TPSA) is 58.9 Å². The number of methoxy groups -OCH3 is 2. The zero-order chi connectivity index (χ0) is 22.5. The monoisotopic (exact) mass is 426 g/mol. The Bertz CT molecular complexity index is 1110. The maximum absolute atomic E-state index is 10.9. The molecule has 162 valence electrons. The van der Waals surface area contributed by atoms with Crippen molar-refractivity contribution in [2.24, 2.45) is 0 Å². The van der Waals surface area contributed by atoms with E-state index in [2.05, 4.69) is 0 Å². The van der Waals surface area contributed by atoms with Gasteiger partial charge >= 0.3 is 0 Å². The Kier molecular flexibility index (Phi) is 6.31. The number of phenolic OH excluding ortho intramolecular Hbond substituents is 2. The largest absolute Gasteiger partial charge is 0.508 e. The van der Waals surface area contributed by atoms with Gasteiger partial charge in [-0.15, -0.1) is 0 Å². The lowest BCUT2D eigenvalue weighted by atomic mass is 9.72. The van der Waals surface area contributed by atoms with Crippen LogP contribution in [0.25, 0.3) is 0 Å². The van der Waals surface area contributed by atoms with Gasteiger partial charge in [-0.3, -0.25) is 0 Å². The van der Waals surface area contributed by atoms with Crippen molar-refractivity contribution in [3.05, 3.63) is 119 Å². The summed E-state index contributed by atoms with van der Waals surface area (Å²) in [5.41, 5.74) is 3.26. The maximum Gasteiger partial charge on any atom is 0.122 e. The lowest BCUT2D eigenvalue weighted by Gasteiger charge is -2.32. The Morgan fingerprint density at radius 2 is 0.781 bits per heavy atom. The van der Waals surface area contributed by atoms with Gasteiger partial charge in [0, 0.05) is 34.1 Å². The third-order valence-electron chi connectivity index (χ3n) is 5.82. The van der Waals surface area contributed by atoms with Crippen LogP contribution in [0.3, 0.4) is 0 Å². The maximum atomic E-state index is 10.9.